The summed E-state index contributed by atoms with van der Waals surface area (Å²) in [4.78, 5) is 23.9. The molecule has 1 amide bonds. The van der Waals surface area contributed by atoms with Crippen molar-refractivity contribution in [2.75, 3.05) is 43.5 Å². The van der Waals surface area contributed by atoms with Crippen molar-refractivity contribution in [3.63, 3.8) is 0 Å². The molecule has 1 aliphatic rings. The van der Waals surface area contributed by atoms with Gasteiger partial charge in [0.05, 0.1) is 12.5 Å². The summed E-state index contributed by atoms with van der Waals surface area (Å²) in [7, 11) is 1.70. The number of benzene rings is 1. The molecule has 0 atom stereocenters. The average molecular weight is 440 g/mol. The van der Waals surface area contributed by atoms with Crippen LogP contribution in [-0.4, -0.2) is 49.2 Å². The lowest BCUT2D eigenvalue weighted by Crippen LogP contribution is -2.35. The number of nitrogens with one attached hydrogen (secondary N) is 2. The van der Waals surface area contributed by atoms with Gasteiger partial charge in [0.15, 0.2) is 0 Å². The van der Waals surface area contributed by atoms with Crippen LogP contribution < -0.4 is 20.3 Å². The number of nitrogens with zero attached hydrogens (tertiary/aromatic N) is 3. The first-order chi connectivity index (χ1) is 15.1. The molecule has 8 heteroatoms. The van der Waals surface area contributed by atoms with E-state index in [-0.39, 0.29) is 5.91 Å². The molecule has 0 radical (unpaired) electrons. The molecule has 1 fully saturated rings. The van der Waals surface area contributed by atoms with E-state index in [0.717, 1.165) is 54.1 Å². The van der Waals surface area contributed by atoms with Gasteiger partial charge in [-0.25, -0.2) is 4.98 Å². The lowest BCUT2D eigenvalue weighted by atomic mass is 9.90. The first-order valence-electron chi connectivity index (χ1n) is 10.7. The van der Waals surface area contributed by atoms with Gasteiger partial charge in [-0.15, -0.1) is 11.3 Å². The van der Waals surface area contributed by atoms with E-state index in [1.165, 1.54) is 12.5 Å². The smallest absolute Gasteiger partial charge is 0.226 e. The maximum atomic E-state index is 11.0. The molecule has 0 bridgehead atoms. The number of anilines is 2. The highest BCUT2D eigenvalue weighted by atomic mass is 32.1. The molecular weight excluding hydrogens is 410 g/mol. The zero-order chi connectivity index (χ0) is 21.6. The largest absolute Gasteiger partial charge is 0.497 e. The monoisotopic (exact) mass is 439 g/mol. The molecule has 1 saturated heterocycles. The summed E-state index contributed by atoms with van der Waals surface area (Å²) in [6.07, 6.45) is 3.39. The summed E-state index contributed by atoms with van der Waals surface area (Å²) in [5.41, 5.74) is 1.37. The fraction of sp³-hybridized carbons (Fsp3) is 0.435. The predicted octanol–water partition coefficient (Wildman–Crippen LogP) is 3.71. The lowest BCUT2D eigenvalue weighted by Gasteiger charge is -2.33. The third-order valence-electron chi connectivity index (χ3n) is 5.68. The second-order valence-corrected chi connectivity index (χ2v) is 8.80. The number of hydrogen-bond donors (Lipinski definition) is 2. The molecule has 1 aromatic carbocycles. The number of rotatable bonds is 8. The molecule has 4 rings (SSSR count). The molecule has 3 aromatic rings. The number of aromatic nitrogens is 2. The van der Waals surface area contributed by atoms with E-state index >= 15 is 0 Å². The van der Waals surface area contributed by atoms with Gasteiger partial charge in [-0.2, -0.15) is 4.98 Å². The van der Waals surface area contributed by atoms with Gasteiger partial charge in [0.25, 0.3) is 0 Å². The van der Waals surface area contributed by atoms with Crippen molar-refractivity contribution in [1.29, 1.82) is 0 Å². The van der Waals surface area contributed by atoms with Crippen LogP contribution in [-0.2, 0) is 11.2 Å². The average Bonchev–Trinajstić information content (AvgIpc) is 3.26. The van der Waals surface area contributed by atoms with E-state index in [1.807, 2.05) is 12.1 Å². The first-order valence-corrected chi connectivity index (χ1v) is 11.6. The van der Waals surface area contributed by atoms with Crippen molar-refractivity contribution in [3.8, 4) is 5.75 Å². The van der Waals surface area contributed by atoms with Crippen molar-refractivity contribution in [2.24, 2.45) is 5.92 Å². The maximum Gasteiger partial charge on any atom is 0.226 e. The van der Waals surface area contributed by atoms with E-state index in [1.54, 1.807) is 18.4 Å². The number of piperidine rings is 1. The van der Waals surface area contributed by atoms with Crippen molar-refractivity contribution in [2.45, 2.75) is 26.2 Å². The van der Waals surface area contributed by atoms with E-state index in [0.29, 0.717) is 25.0 Å². The van der Waals surface area contributed by atoms with Crippen LogP contribution in [0.2, 0.25) is 0 Å². The van der Waals surface area contributed by atoms with E-state index < -0.39 is 0 Å². The Hall–Kier alpha value is -2.87. The summed E-state index contributed by atoms with van der Waals surface area (Å²) in [6.45, 7) is 4.65. The van der Waals surface area contributed by atoms with Crippen LogP contribution in [0.15, 0.2) is 35.7 Å². The Morgan fingerprint density at radius 2 is 1.94 bits per heavy atom. The normalized spacial score (nSPS) is 14.6. The van der Waals surface area contributed by atoms with Crippen LogP contribution in [0.1, 0.15) is 25.3 Å². The molecule has 1 aliphatic heterocycles. The standard InChI is InChI=1S/C23H29N5O2S/c1-16(29)24-10-11-25-23-26-21(20-9-14-31-22(20)27-23)28-12-7-18(8-13-28)15-17-3-5-19(30-2)6-4-17/h3-6,9,14,18H,7-8,10-13,15H2,1-2H3,(H,24,29)(H,25,26,27). The SMILES string of the molecule is COc1ccc(CC2CCN(c3nc(NCCNC(C)=O)nc4sccc34)CC2)cc1. The second-order valence-electron chi connectivity index (χ2n) is 7.90. The van der Waals surface area contributed by atoms with Gasteiger partial charge in [-0.05, 0) is 54.3 Å². The maximum absolute atomic E-state index is 11.0. The Kier molecular flexibility index (Phi) is 6.86. The highest BCUT2D eigenvalue weighted by molar-refractivity contribution is 7.16. The highest BCUT2D eigenvalue weighted by Crippen LogP contribution is 2.32. The molecule has 0 aliphatic carbocycles. The number of hydrogen-bond acceptors (Lipinski definition) is 7. The zero-order valence-corrected chi connectivity index (χ0v) is 18.9. The molecule has 31 heavy (non-hydrogen) atoms. The van der Waals surface area contributed by atoms with Crippen molar-refractivity contribution in [3.05, 3.63) is 41.3 Å². The Balaban J connectivity index is 1.39. The number of carbonyl (C=O) groups excluding carboxylic acids is 1. The number of thiophene rings is 1. The van der Waals surface area contributed by atoms with Crippen LogP contribution >= 0.6 is 11.3 Å². The number of carbonyl (C=O) groups is 1. The van der Waals surface area contributed by atoms with Crippen molar-refractivity contribution < 1.29 is 9.53 Å². The molecule has 2 aromatic heterocycles. The van der Waals surface area contributed by atoms with Gasteiger partial charge in [0, 0.05) is 33.1 Å². The highest BCUT2D eigenvalue weighted by Gasteiger charge is 2.23. The molecule has 7 nitrogen and oxygen atoms in total. The predicted molar refractivity (Wildman–Crippen MR) is 126 cm³/mol. The molecule has 164 valence electrons. The Bertz CT molecular complexity index is 1010. The van der Waals surface area contributed by atoms with Gasteiger partial charge in [0.1, 0.15) is 16.4 Å². The molecular formula is C23H29N5O2S. The van der Waals surface area contributed by atoms with Crippen molar-refractivity contribution in [1.82, 2.24) is 15.3 Å². The van der Waals surface area contributed by atoms with Crippen LogP contribution in [0, 0.1) is 5.92 Å². The first kappa shape index (κ1) is 21.4. The summed E-state index contributed by atoms with van der Waals surface area (Å²) >= 11 is 1.63. The summed E-state index contributed by atoms with van der Waals surface area (Å²) < 4.78 is 5.26. The Morgan fingerprint density at radius 1 is 1.16 bits per heavy atom. The van der Waals surface area contributed by atoms with Crippen LogP contribution in [0.5, 0.6) is 5.75 Å². The minimum absolute atomic E-state index is 0.0328. The second kappa shape index (κ2) is 9.96. The number of ether oxygens (including phenoxy) is 1. The topological polar surface area (TPSA) is 79.4 Å². The van der Waals surface area contributed by atoms with E-state index in [9.17, 15) is 4.79 Å². The van der Waals surface area contributed by atoms with Crippen molar-refractivity contribution >= 4 is 39.2 Å². The van der Waals surface area contributed by atoms with Gasteiger partial charge in [-0.1, -0.05) is 12.1 Å². The minimum atomic E-state index is -0.0328. The molecule has 0 saturated carbocycles. The third-order valence-corrected chi connectivity index (χ3v) is 6.49. The van der Waals surface area contributed by atoms with Crippen LogP contribution in [0.4, 0.5) is 11.8 Å². The van der Waals surface area contributed by atoms with Crippen LogP contribution in [0.3, 0.4) is 0 Å². The summed E-state index contributed by atoms with van der Waals surface area (Å²) in [6, 6.07) is 10.5. The Morgan fingerprint density at radius 3 is 2.65 bits per heavy atom. The van der Waals surface area contributed by atoms with Crippen LogP contribution in [0.25, 0.3) is 10.2 Å². The van der Waals surface area contributed by atoms with Gasteiger partial charge < -0.3 is 20.3 Å². The Labute approximate surface area is 186 Å². The van der Waals surface area contributed by atoms with Gasteiger partial charge in [0.2, 0.25) is 11.9 Å². The number of methoxy groups -OCH3 is 1. The zero-order valence-electron chi connectivity index (χ0n) is 18.1. The molecule has 2 N–H and O–H groups in total. The van der Waals surface area contributed by atoms with Gasteiger partial charge in [-0.3, -0.25) is 4.79 Å². The van der Waals surface area contributed by atoms with E-state index in [4.69, 9.17) is 9.72 Å². The fourth-order valence-corrected chi connectivity index (χ4v) is 4.78. The molecule has 0 spiro atoms. The summed E-state index contributed by atoms with van der Waals surface area (Å²) in [5.74, 6) is 3.18. The third kappa shape index (κ3) is 5.44. The summed E-state index contributed by atoms with van der Waals surface area (Å²) in [5, 5.41) is 9.22. The quantitative estimate of drug-likeness (QED) is 0.521. The molecule has 3 heterocycles. The minimum Gasteiger partial charge on any atom is -0.497 e. The number of fused-ring (bicyclic) bond motifs is 1. The molecule has 0 unspecified atom stereocenters. The fourth-order valence-electron chi connectivity index (χ4n) is 4.02. The van der Waals surface area contributed by atoms with Gasteiger partial charge >= 0.3 is 0 Å². The van der Waals surface area contributed by atoms with E-state index in [2.05, 4.69) is 44.1 Å². The number of amides is 1. The lowest BCUT2D eigenvalue weighted by molar-refractivity contribution is -0.118.